The maximum absolute atomic E-state index is 14.3. The van der Waals surface area contributed by atoms with Gasteiger partial charge >= 0.3 is 11.9 Å². The van der Waals surface area contributed by atoms with E-state index in [1.54, 1.807) is 0 Å². The molecule has 39 heavy (non-hydrogen) atoms. The number of allylic oxidation sites excluding steroid dienone is 1. The van der Waals surface area contributed by atoms with Crippen LogP contribution >= 0.6 is 23.2 Å². The Kier molecular flexibility index (Phi) is 8.99. The molecule has 2 fully saturated rings. The summed E-state index contributed by atoms with van der Waals surface area (Å²) >= 11 is 12.1. The van der Waals surface area contributed by atoms with Crippen molar-refractivity contribution in [2.75, 3.05) is 6.54 Å². The molecule has 2 aliphatic carbocycles. The van der Waals surface area contributed by atoms with E-state index in [4.69, 9.17) is 34.1 Å². The second-order valence-electron chi connectivity index (χ2n) is 11.3. The first kappa shape index (κ1) is 31.2. The normalized spacial score (nSPS) is 23.9. The molecule has 13 heteroatoms. The molecule has 0 aliphatic heterocycles. The molecule has 0 saturated heterocycles. The SMILES string of the molecule is CC1(C)CCC(N(CC(=O)c2c(Cl)cc(F)cc2Cl)C(=O)/C(C=N)=C(/[N+](=N)C2CC(C)(O)C2)C(F)(F)F)CC1. The van der Waals surface area contributed by atoms with Gasteiger partial charge < -0.3 is 15.4 Å². The van der Waals surface area contributed by atoms with Crippen LogP contribution in [0.2, 0.25) is 10.0 Å². The Morgan fingerprint density at radius 2 is 1.67 bits per heavy atom. The second-order valence-corrected chi connectivity index (χ2v) is 12.1. The fraction of sp³-hybridized carbons (Fsp3) is 0.577. The Bertz CT molecular complexity index is 1190. The lowest BCUT2D eigenvalue weighted by molar-refractivity contribution is -0.640. The van der Waals surface area contributed by atoms with Crippen LogP contribution in [0.25, 0.3) is 0 Å². The molecule has 0 atom stereocenters. The van der Waals surface area contributed by atoms with Crippen LogP contribution in [0.3, 0.4) is 0 Å². The molecule has 7 nitrogen and oxygen atoms in total. The molecule has 0 radical (unpaired) electrons. The van der Waals surface area contributed by atoms with Gasteiger partial charge in [-0.1, -0.05) is 47.3 Å². The lowest BCUT2D eigenvalue weighted by Gasteiger charge is -2.40. The van der Waals surface area contributed by atoms with Crippen molar-refractivity contribution < 1.29 is 37.0 Å². The highest BCUT2D eigenvalue weighted by molar-refractivity contribution is 6.40. The highest BCUT2D eigenvalue weighted by atomic mass is 35.5. The van der Waals surface area contributed by atoms with Crippen LogP contribution in [0, 0.1) is 22.2 Å². The molecule has 1 aromatic carbocycles. The van der Waals surface area contributed by atoms with Gasteiger partial charge in [0.15, 0.2) is 11.8 Å². The number of rotatable bonds is 8. The Morgan fingerprint density at radius 1 is 1.15 bits per heavy atom. The number of carbonyl (C=O) groups excluding carboxylic acids is 2. The quantitative estimate of drug-likeness (QED) is 0.0795. The molecule has 0 aromatic heterocycles. The average Bonchev–Trinajstić information content (AvgIpc) is 2.77. The van der Waals surface area contributed by atoms with E-state index in [0.29, 0.717) is 25.7 Å². The molecule has 214 valence electrons. The number of amides is 1. The van der Waals surface area contributed by atoms with E-state index >= 15 is 0 Å². The predicted octanol–water partition coefficient (Wildman–Crippen LogP) is 6.54. The smallest absolute Gasteiger partial charge is 0.390 e. The summed E-state index contributed by atoms with van der Waals surface area (Å²) in [4.78, 5) is 28.0. The number of benzene rings is 1. The lowest BCUT2D eigenvalue weighted by Crippen LogP contribution is -2.52. The van der Waals surface area contributed by atoms with E-state index in [1.807, 2.05) is 13.8 Å². The molecule has 1 aromatic rings. The van der Waals surface area contributed by atoms with Gasteiger partial charge in [-0.05, 0) is 50.2 Å². The number of hydrogen-bond acceptors (Lipinski definition) is 5. The van der Waals surface area contributed by atoms with Crippen molar-refractivity contribution in [2.45, 2.75) is 83.2 Å². The van der Waals surface area contributed by atoms with Crippen molar-refractivity contribution >= 4 is 41.1 Å². The molecule has 2 saturated carbocycles. The van der Waals surface area contributed by atoms with Gasteiger partial charge in [0.2, 0.25) is 0 Å². The van der Waals surface area contributed by atoms with Crippen molar-refractivity contribution in [1.29, 1.82) is 10.9 Å². The first-order chi connectivity index (χ1) is 17.9. The summed E-state index contributed by atoms with van der Waals surface area (Å²) in [6.45, 7) is 4.76. The van der Waals surface area contributed by atoms with Crippen LogP contribution in [-0.2, 0) is 4.79 Å². The topological polar surface area (TPSA) is 108 Å². The molecule has 0 heterocycles. The van der Waals surface area contributed by atoms with Crippen molar-refractivity contribution in [3.05, 3.63) is 44.8 Å². The van der Waals surface area contributed by atoms with Gasteiger partial charge in [0.1, 0.15) is 11.4 Å². The zero-order valence-electron chi connectivity index (χ0n) is 21.8. The van der Waals surface area contributed by atoms with Gasteiger partial charge in [-0.3, -0.25) is 9.59 Å². The summed E-state index contributed by atoms with van der Waals surface area (Å²) in [5.74, 6) is -2.84. The number of hydrogen-bond donors (Lipinski definition) is 3. The van der Waals surface area contributed by atoms with E-state index in [1.165, 1.54) is 6.92 Å². The van der Waals surface area contributed by atoms with Crippen LogP contribution in [0.1, 0.15) is 69.7 Å². The molecule has 0 spiro atoms. The predicted molar refractivity (Wildman–Crippen MR) is 137 cm³/mol. The summed E-state index contributed by atoms with van der Waals surface area (Å²) in [6.07, 6.45) is -3.16. The standard InChI is InChI=1S/C26H31Cl2F4N4O3/c1-24(2)6-4-15(5-7-24)35(13-20(37)21-18(27)8-14(29)9-19(21)28)23(38)17(12-33)22(26(30,31)32)36(34)16-10-25(3,39)11-16/h8-9,12,15-16,33-34,39H,4-7,10-11,13H2,1-3H3/q+1/b22-17+,33-12?,36-34?. The second kappa shape index (κ2) is 11.2. The molecule has 2 aliphatic rings. The van der Waals surface area contributed by atoms with Crippen LogP contribution in [-0.4, -0.2) is 63.0 Å². The number of aliphatic hydroxyl groups is 1. The van der Waals surface area contributed by atoms with Gasteiger partial charge in [0, 0.05) is 25.1 Å². The molecule has 0 unspecified atom stereocenters. The number of nitrogens with one attached hydrogen (secondary N) is 2. The van der Waals surface area contributed by atoms with Crippen LogP contribution < -0.4 is 0 Å². The van der Waals surface area contributed by atoms with Crippen molar-refractivity contribution in [2.24, 2.45) is 5.41 Å². The minimum atomic E-state index is -5.18. The number of carbonyl (C=O) groups is 2. The summed E-state index contributed by atoms with van der Waals surface area (Å²) < 4.78 is 56.6. The Labute approximate surface area is 233 Å². The fourth-order valence-corrected chi connectivity index (χ4v) is 5.90. The van der Waals surface area contributed by atoms with Crippen molar-refractivity contribution in [3.8, 4) is 0 Å². The van der Waals surface area contributed by atoms with Crippen molar-refractivity contribution in [1.82, 2.24) is 4.90 Å². The third-order valence-corrected chi connectivity index (χ3v) is 8.06. The maximum atomic E-state index is 14.3. The number of alkyl halides is 3. The highest BCUT2D eigenvalue weighted by Crippen LogP contribution is 2.41. The van der Waals surface area contributed by atoms with E-state index in [-0.39, 0.29) is 44.8 Å². The van der Waals surface area contributed by atoms with E-state index in [2.05, 4.69) is 0 Å². The summed E-state index contributed by atoms with van der Waals surface area (Å²) in [5.41, 5.74) is 3.84. The largest absolute Gasteiger partial charge is 0.480 e. The van der Waals surface area contributed by atoms with Gasteiger partial charge in [-0.2, -0.15) is 13.2 Å². The van der Waals surface area contributed by atoms with Gasteiger partial charge in [0.25, 0.3) is 5.91 Å². The first-order valence-corrected chi connectivity index (χ1v) is 13.2. The lowest BCUT2D eigenvalue weighted by atomic mass is 9.75. The monoisotopic (exact) mass is 593 g/mol. The van der Waals surface area contributed by atoms with Gasteiger partial charge in [-0.25, -0.2) is 4.39 Å². The van der Waals surface area contributed by atoms with Crippen LogP contribution in [0.5, 0.6) is 0 Å². The van der Waals surface area contributed by atoms with Crippen LogP contribution in [0.15, 0.2) is 23.4 Å². The van der Waals surface area contributed by atoms with E-state index < -0.39 is 59.2 Å². The molecule has 3 N–H and O–H groups in total. The molecule has 1 amide bonds. The van der Waals surface area contributed by atoms with Gasteiger partial charge in [-0.15, -0.1) is 0 Å². The Morgan fingerprint density at radius 3 is 2.10 bits per heavy atom. The van der Waals surface area contributed by atoms with Crippen LogP contribution in [0.4, 0.5) is 17.6 Å². The Hall–Kier alpha value is -2.37. The molecular weight excluding hydrogens is 563 g/mol. The molecule has 0 bridgehead atoms. The maximum Gasteiger partial charge on any atom is 0.480 e. The zero-order valence-corrected chi connectivity index (χ0v) is 23.3. The van der Waals surface area contributed by atoms with E-state index in [0.717, 1.165) is 17.0 Å². The highest BCUT2D eigenvalue weighted by Gasteiger charge is 2.56. The molecular formula is C26H31Cl2F4N4O3+. The number of nitrogens with zero attached hydrogens (tertiary/aromatic N) is 2. The number of ketones is 1. The third-order valence-electron chi connectivity index (χ3n) is 7.47. The summed E-state index contributed by atoms with van der Waals surface area (Å²) in [6, 6.07) is 0.0699. The number of Topliss-reactive ketones (excluding diaryl/α,β-unsaturated/α-hetero) is 1. The molecule has 3 rings (SSSR count). The zero-order chi connectivity index (χ0) is 29.5. The summed E-state index contributed by atoms with van der Waals surface area (Å²) in [5, 5.41) is 17.1. The fourth-order valence-electron chi connectivity index (χ4n) is 5.23. The Balaban J connectivity index is 2.06. The first-order valence-electron chi connectivity index (χ1n) is 12.4. The summed E-state index contributed by atoms with van der Waals surface area (Å²) in [7, 11) is 0. The average molecular weight is 594 g/mol. The minimum absolute atomic E-state index is 0.0741. The van der Waals surface area contributed by atoms with Gasteiger partial charge in [0.05, 0.1) is 27.8 Å². The minimum Gasteiger partial charge on any atom is -0.390 e. The van der Waals surface area contributed by atoms with E-state index in [9.17, 15) is 32.3 Å². The number of halogens is 6. The third kappa shape index (κ3) is 7.05. The van der Waals surface area contributed by atoms with Crippen molar-refractivity contribution in [3.63, 3.8) is 0 Å².